The van der Waals surface area contributed by atoms with Crippen molar-refractivity contribution in [2.45, 2.75) is 348 Å². The lowest BCUT2D eigenvalue weighted by Gasteiger charge is -2.27. The van der Waals surface area contributed by atoms with Crippen LogP contribution in [-0.2, 0) is 95.9 Å². The number of hydrogen-bond acceptors (Lipinski definition) is 27. The maximum Gasteiger partial charge on any atom is 0.243 e. The van der Waals surface area contributed by atoms with E-state index in [4.69, 9.17) is 45.9 Å². The van der Waals surface area contributed by atoms with E-state index in [2.05, 4.69) is 101 Å². The normalized spacial score (nSPS) is 15.0. The van der Waals surface area contributed by atoms with Crippen LogP contribution in [-0.4, -0.2) is 280 Å². The summed E-state index contributed by atoms with van der Waals surface area (Å²) in [6.45, 7) is 23.6. The van der Waals surface area contributed by atoms with Gasteiger partial charge in [-0.1, -0.05) is 82.1 Å². The fraction of sp³-hybridized carbons (Fsp3) is 0.775. The number of unbranched alkanes of at least 4 members (excludes halogenated alkanes) is 6. The van der Waals surface area contributed by atoms with Gasteiger partial charge in [0.05, 0.1) is 32.2 Å². The number of nitrogens with one attached hydrogen (secondary N) is 19. The Morgan fingerprint density at radius 1 is 0.221 bits per heavy atom. The average Bonchev–Trinajstić information content (AvgIpc) is 0.864. The second-order valence-corrected chi connectivity index (χ2v) is 36.4. The van der Waals surface area contributed by atoms with Crippen LogP contribution in [0.2, 0.25) is 0 Å². The van der Waals surface area contributed by atoms with Gasteiger partial charge in [-0.05, 0) is 238 Å². The van der Waals surface area contributed by atoms with E-state index in [-0.39, 0.29) is 114 Å². The molecule has 0 radical (unpaired) electrons. The standard InChI is InChI=1S/C89H167N27O20/c1-16-53(10)73(116-79(126)59(96)29-17-23-35-90)89(136)101-48-72(120)110-63(33-21-27-39-94)86(133)104-56(13)76(123)113-66(42-50(4)5)81(128)99-47-71(119)109-62(32-20-26-38-93)85(132)105-58(15)78(125)115-68(44-52(8)9)88(135)111-64(34-22-28-40-95)87(134)106-57(14)77(124)114-67(43-51(6)7)82(129)100-46-70(118)108-61(31-19-25-37-92)84(131)103-55(12)75(122)112-65(41-49(2)3)80(127)98-45-69(117)107-60(30-18-24-36-91)83(130)102-54(11)74(97)121/h49-68,73H,16-48,90-96H2,1-15H3,(H2,97,121)(H,98,127)(H,99,128)(H,100,129)(H,101,136)(H,102,130)(H,103,131)(H,104,133)(H,105,132)(H,106,134)(H,107,117)(H,108,118)(H,109,119)(H,110,120)(H,111,135)(H,112,122)(H,113,123)(H,114,124)(H,115,125)(H,116,126)/t53-,54-,55-,56-,57-,58-,59-,60-,61-,62-,63-,64-,65-,66-,67-,68-,73-/m0/s1. The first kappa shape index (κ1) is 125. The Hall–Kier alpha value is -10.9. The first-order valence-electron chi connectivity index (χ1n) is 47.9. The molecule has 0 fully saturated rings. The molecule has 0 heterocycles. The van der Waals surface area contributed by atoms with Gasteiger partial charge in [0.1, 0.15) is 90.6 Å². The van der Waals surface area contributed by atoms with Crippen molar-refractivity contribution in [3.05, 3.63) is 0 Å². The van der Waals surface area contributed by atoms with Crippen LogP contribution in [0, 0.1) is 29.6 Å². The molecule has 0 aromatic rings. The highest BCUT2D eigenvalue weighted by Gasteiger charge is 2.37. The zero-order valence-corrected chi connectivity index (χ0v) is 82.7. The molecule has 0 saturated carbocycles. The second-order valence-electron chi connectivity index (χ2n) is 36.4. The molecule has 17 atom stereocenters. The van der Waals surface area contributed by atoms with Crippen LogP contribution >= 0.6 is 0 Å². The van der Waals surface area contributed by atoms with E-state index in [1.165, 1.54) is 34.6 Å². The van der Waals surface area contributed by atoms with Crippen LogP contribution in [0.1, 0.15) is 252 Å². The maximum atomic E-state index is 14.4. The van der Waals surface area contributed by atoms with Crippen LogP contribution < -0.4 is 147 Å². The van der Waals surface area contributed by atoms with Crippen molar-refractivity contribution in [1.82, 2.24) is 101 Å². The van der Waals surface area contributed by atoms with Crippen molar-refractivity contribution in [1.29, 1.82) is 0 Å². The van der Waals surface area contributed by atoms with Crippen LogP contribution in [0.15, 0.2) is 0 Å². The molecule has 0 unspecified atom stereocenters. The van der Waals surface area contributed by atoms with E-state index in [9.17, 15) is 95.9 Å². The fourth-order valence-corrected chi connectivity index (χ4v) is 13.7. The first-order valence-corrected chi connectivity index (χ1v) is 47.9. The van der Waals surface area contributed by atoms with E-state index < -0.39 is 241 Å². The van der Waals surface area contributed by atoms with Gasteiger partial charge in [0.2, 0.25) is 118 Å². The van der Waals surface area contributed by atoms with Gasteiger partial charge in [-0.2, -0.15) is 0 Å². The third-order valence-corrected chi connectivity index (χ3v) is 21.9. The molecule has 47 nitrogen and oxygen atoms in total. The summed E-state index contributed by atoms with van der Waals surface area (Å²) in [5, 5.41) is 48.9. The van der Waals surface area contributed by atoms with Crippen LogP contribution in [0.5, 0.6) is 0 Å². The Kier molecular flexibility index (Phi) is 64.3. The zero-order valence-electron chi connectivity index (χ0n) is 82.7. The lowest BCUT2D eigenvalue weighted by atomic mass is 9.97. The van der Waals surface area contributed by atoms with Gasteiger partial charge in [-0.3, -0.25) is 95.9 Å². The Balaban J connectivity index is 6.34. The predicted octanol–water partition coefficient (Wildman–Crippen LogP) is -6.36. The molecular weight excluding hydrogens is 1770 g/mol. The molecule has 0 saturated heterocycles. The molecular formula is C89H167N27O20. The van der Waals surface area contributed by atoms with Crippen molar-refractivity contribution >= 4 is 118 Å². The SMILES string of the molecule is CC[C@H](C)[C@H](NC(=O)[C@@H](N)CCCCN)C(=O)NCC(=O)N[C@@H](CCCCN)C(=O)N[C@@H](C)C(=O)N[C@@H](CC(C)C)C(=O)NCC(=O)N[C@@H](CCCCN)C(=O)N[C@@H](C)C(=O)N[C@@H](CC(C)C)C(=O)N[C@@H](CCCCN)C(=O)N[C@@H](C)C(=O)N[C@@H](CC(C)C)C(=O)NCC(=O)N[C@@H](CCCCN)C(=O)N[C@@H](C)C(=O)N[C@@H](CC(C)C)C(=O)NCC(=O)N[C@@H](CCCCN)C(=O)N[C@@H](C)C(N)=O. The summed E-state index contributed by atoms with van der Waals surface area (Å²) < 4.78 is 0. The molecule has 0 aromatic heterocycles. The summed E-state index contributed by atoms with van der Waals surface area (Å²) in [5.41, 5.74) is 45.6. The van der Waals surface area contributed by atoms with Crippen molar-refractivity contribution in [2.75, 3.05) is 65.4 Å². The molecule has 0 aliphatic carbocycles. The highest BCUT2D eigenvalue weighted by Crippen LogP contribution is 2.16. The van der Waals surface area contributed by atoms with Gasteiger partial charge in [0.15, 0.2) is 0 Å². The average molecular weight is 1940 g/mol. The summed E-state index contributed by atoms with van der Waals surface area (Å²) in [6.07, 6.45) is 6.69. The van der Waals surface area contributed by atoms with E-state index in [1.54, 1.807) is 62.3 Å². The van der Waals surface area contributed by atoms with Gasteiger partial charge in [0.25, 0.3) is 0 Å². The van der Waals surface area contributed by atoms with Gasteiger partial charge >= 0.3 is 0 Å². The Morgan fingerprint density at radius 3 is 0.654 bits per heavy atom. The summed E-state index contributed by atoms with van der Waals surface area (Å²) in [6, 6.07) is -19.6. The molecule has 35 N–H and O–H groups in total. The van der Waals surface area contributed by atoms with Gasteiger partial charge in [-0.25, -0.2) is 0 Å². The molecule has 0 aromatic carbocycles. The van der Waals surface area contributed by atoms with Crippen molar-refractivity contribution in [3.63, 3.8) is 0 Å². The number of carbonyl (C=O) groups excluding carboxylic acids is 20. The van der Waals surface area contributed by atoms with Crippen molar-refractivity contribution in [2.24, 2.45) is 75.5 Å². The van der Waals surface area contributed by atoms with E-state index in [0.717, 1.165) is 0 Å². The molecule has 0 rings (SSSR count). The quantitative estimate of drug-likeness (QED) is 0.0252. The van der Waals surface area contributed by atoms with Crippen LogP contribution in [0.4, 0.5) is 0 Å². The highest BCUT2D eigenvalue weighted by atomic mass is 16.2. The molecule has 0 spiro atoms. The molecule has 778 valence electrons. The first-order chi connectivity index (χ1) is 64.0. The van der Waals surface area contributed by atoms with Gasteiger partial charge in [-0.15, -0.1) is 0 Å². The highest BCUT2D eigenvalue weighted by molar-refractivity contribution is 6.01. The number of nitrogens with two attached hydrogens (primary N) is 8. The molecule has 0 bridgehead atoms. The van der Waals surface area contributed by atoms with Crippen molar-refractivity contribution in [3.8, 4) is 0 Å². The van der Waals surface area contributed by atoms with E-state index >= 15 is 0 Å². The predicted molar refractivity (Wildman–Crippen MR) is 511 cm³/mol. The molecule has 47 heteroatoms. The number of carbonyl (C=O) groups is 20. The largest absolute Gasteiger partial charge is 0.368 e. The summed E-state index contributed by atoms with van der Waals surface area (Å²) in [7, 11) is 0. The zero-order chi connectivity index (χ0) is 103. The molecule has 0 aliphatic heterocycles. The third-order valence-electron chi connectivity index (χ3n) is 21.9. The minimum atomic E-state index is -1.36. The molecule has 136 heavy (non-hydrogen) atoms. The number of hydrogen-bond donors (Lipinski definition) is 27. The number of amides is 20. The summed E-state index contributed by atoms with van der Waals surface area (Å²) in [5.74, 6) is -16.8. The second kappa shape index (κ2) is 69.9. The Bertz CT molecular complexity index is 3790. The van der Waals surface area contributed by atoms with Crippen molar-refractivity contribution < 1.29 is 95.9 Å². The minimum Gasteiger partial charge on any atom is -0.368 e. The smallest absolute Gasteiger partial charge is 0.243 e. The molecule has 20 amide bonds. The van der Waals surface area contributed by atoms with E-state index in [1.807, 2.05) is 6.92 Å². The third kappa shape index (κ3) is 53.6. The maximum absolute atomic E-state index is 14.4. The van der Waals surface area contributed by atoms with Crippen LogP contribution in [0.3, 0.4) is 0 Å². The van der Waals surface area contributed by atoms with Crippen LogP contribution in [0.25, 0.3) is 0 Å². The summed E-state index contributed by atoms with van der Waals surface area (Å²) in [4.78, 5) is 272. The fourth-order valence-electron chi connectivity index (χ4n) is 13.7. The Morgan fingerprint density at radius 2 is 0.426 bits per heavy atom. The monoisotopic (exact) mass is 1930 g/mol. The number of rotatable bonds is 73. The number of primary amides is 1. The lowest BCUT2D eigenvalue weighted by molar-refractivity contribution is -0.135. The Labute approximate surface area is 800 Å². The van der Waals surface area contributed by atoms with Gasteiger partial charge in [0, 0.05) is 0 Å². The summed E-state index contributed by atoms with van der Waals surface area (Å²) >= 11 is 0. The van der Waals surface area contributed by atoms with Gasteiger partial charge < -0.3 is 147 Å². The molecule has 0 aliphatic rings. The minimum absolute atomic E-state index is 0.00406. The van der Waals surface area contributed by atoms with E-state index in [0.29, 0.717) is 103 Å². The topological polar surface area (TPSA) is 778 Å². The lowest BCUT2D eigenvalue weighted by Crippen LogP contribution is -2.59.